The maximum Gasteiger partial charge on any atom is 0.323 e. The predicted molar refractivity (Wildman–Crippen MR) is 76.2 cm³/mol. The van der Waals surface area contributed by atoms with Gasteiger partial charge in [-0.3, -0.25) is 4.79 Å². The predicted octanol–water partition coefficient (Wildman–Crippen LogP) is 3.79. The molecule has 96 valence electrons. The molecule has 1 heterocycles. The molecule has 1 aromatic heterocycles. The Balaban J connectivity index is 2.49. The van der Waals surface area contributed by atoms with Crippen LogP contribution in [-0.4, -0.2) is 23.8 Å². The molecule has 1 aromatic carbocycles. The van der Waals surface area contributed by atoms with Gasteiger partial charge in [-0.05, 0) is 25.3 Å². The van der Waals surface area contributed by atoms with Crippen LogP contribution >= 0.6 is 23.4 Å². The van der Waals surface area contributed by atoms with E-state index in [-0.39, 0.29) is 11.2 Å². The number of rotatable bonds is 4. The van der Waals surface area contributed by atoms with E-state index in [9.17, 15) is 4.79 Å². The fourth-order valence-electron chi connectivity index (χ4n) is 1.94. The van der Waals surface area contributed by atoms with Gasteiger partial charge in [-0.25, -0.2) is 0 Å². The summed E-state index contributed by atoms with van der Waals surface area (Å²) >= 11 is 7.65. The van der Waals surface area contributed by atoms with Crippen molar-refractivity contribution in [1.29, 1.82) is 0 Å². The standard InChI is InChI=1S/C13H14ClNO2S/c1-3-17-13(16)12(18-2)8-7-15-10-6-4-5-9(14)11(8)10/h4-7,12,15H,3H2,1-2H3. The second-order valence-electron chi connectivity index (χ2n) is 3.77. The van der Waals surface area contributed by atoms with Gasteiger partial charge < -0.3 is 9.72 Å². The van der Waals surface area contributed by atoms with Crippen LogP contribution in [0.2, 0.25) is 5.02 Å². The van der Waals surface area contributed by atoms with Gasteiger partial charge in [0.15, 0.2) is 0 Å². The number of ether oxygens (including phenoxy) is 1. The van der Waals surface area contributed by atoms with Gasteiger partial charge in [0, 0.05) is 22.7 Å². The first-order chi connectivity index (χ1) is 8.69. The second kappa shape index (κ2) is 5.67. The van der Waals surface area contributed by atoms with Crippen molar-refractivity contribution in [3.8, 4) is 0 Å². The molecule has 0 aliphatic heterocycles. The van der Waals surface area contributed by atoms with Crippen molar-refractivity contribution in [3.05, 3.63) is 35.0 Å². The molecule has 2 rings (SSSR count). The molecule has 18 heavy (non-hydrogen) atoms. The first-order valence-corrected chi connectivity index (χ1v) is 7.30. The summed E-state index contributed by atoms with van der Waals surface area (Å²) in [5.41, 5.74) is 1.81. The minimum absolute atomic E-state index is 0.231. The average Bonchev–Trinajstić information content (AvgIpc) is 2.76. The number of hydrogen-bond donors (Lipinski definition) is 1. The number of benzene rings is 1. The van der Waals surface area contributed by atoms with Crippen LogP contribution in [-0.2, 0) is 9.53 Å². The Kier molecular flexibility index (Phi) is 4.19. The van der Waals surface area contributed by atoms with Gasteiger partial charge in [-0.1, -0.05) is 17.7 Å². The highest BCUT2D eigenvalue weighted by Gasteiger charge is 2.24. The van der Waals surface area contributed by atoms with E-state index in [1.54, 1.807) is 6.92 Å². The lowest BCUT2D eigenvalue weighted by Crippen LogP contribution is -2.12. The number of nitrogens with one attached hydrogen (secondary N) is 1. The van der Waals surface area contributed by atoms with Crippen molar-refractivity contribution in [2.24, 2.45) is 0 Å². The van der Waals surface area contributed by atoms with E-state index in [1.165, 1.54) is 11.8 Å². The summed E-state index contributed by atoms with van der Waals surface area (Å²) in [7, 11) is 0. The Morgan fingerprint density at radius 1 is 1.56 bits per heavy atom. The zero-order valence-corrected chi connectivity index (χ0v) is 11.8. The Morgan fingerprint density at radius 3 is 3.00 bits per heavy atom. The zero-order valence-electron chi connectivity index (χ0n) is 10.2. The number of fused-ring (bicyclic) bond motifs is 1. The fourth-order valence-corrected chi connectivity index (χ4v) is 2.92. The van der Waals surface area contributed by atoms with E-state index in [2.05, 4.69) is 4.98 Å². The van der Waals surface area contributed by atoms with Crippen molar-refractivity contribution in [2.75, 3.05) is 12.9 Å². The van der Waals surface area contributed by atoms with Crippen molar-refractivity contribution in [1.82, 2.24) is 4.98 Å². The molecule has 1 atom stereocenters. The van der Waals surface area contributed by atoms with Crippen LogP contribution in [0.1, 0.15) is 17.7 Å². The van der Waals surface area contributed by atoms with Crippen LogP contribution in [0, 0.1) is 0 Å². The molecule has 0 aliphatic rings. The SMILES string of the molecule is CCOC(=O)C(SC)c1c[nH]c2cccc(Cl)c12. The van der Waals surface area contributed by atoms with E-state index >= 15 is 0 Å². The highest BCUT2D eigenvalue weighted by Crippen LogP contribution is 2.36. The molecule has 0 bridgehead atoms. The van der Waals surface area contributed by atoms with E-state index in [4.69, 9.17) is 16.3 Å². The normalized spacial score (nSPS) is 12.6. The number of aromatic amines is 1. The van der Waals surface area contributed by atoms with Crippen LogP contribution < -0.4 is 0 Å². The molecule has 0 fully saturated rings. The van der Waals surface area contributed by atoms with Crippen molar-refractivity contribution in [3.63, 3.8) is 0 Å². The molecule has 0 spiro atoms. The van der Waals surface area contributed by atoms with E-state index in [0.29, 0.717) is 11.6 Å². The molecule has 0 amide bonds. The minimum Gasteiger partial charge on any atom is -0.465 e. The number of aromatic nitrogens is 1. The van der Waals surface area contributed by atoms with Gasteiger partial charge >= 0.3 is 5.97 Å². The number of hydrogen-bond acceptors (Lipinski definition) is 3. The molecular weight excluding hydrogens is 270 g/mol. The topological polar surface area (TPSA) is 42.1 Å². The maximum absolute atomic E-state index is 11.9. The first kappa shape index (κ1) is 13.3. The Hall–Kier alpha value is -1.13. The smallest absolute Gasteiger partial charge is 0.323 e. The van der Waals surface area contributed by atoms with Crippen LogP contribution in [0.25, 0.3) is 10.9 Å². The molecule has 0 radical (unpaired) electrons. The van der Waals surface area contributed by atoms with Crippen LogP contribution in [0.5, 0.6) is 0 Å². The van der Waals surface area contributed by atoms with Gasteiger partial charge in [-0.2, -0.15) is 0 Å². The Labute approximate surface area is 115 Å². The monoisotopic (exact) mass is 283 g/mol. The zero-order chi connectivity index (χ0) is 13.1. The summed E-state index contributed by atoms with van der Waals surface area (Å²) in [5, 5.41) is 1.19. The highest BCUT2D eigenvalue weighted by atomic mass is 35.5. The average molecular weight is 284 g/mol. The summed E-state index contributed by atoms with van der Waals surface area (Å²) in [6.07, 6.45) is 3.71. The third kappa shape index (κ3) is 2.35. The molecule has 5 heteroatoms. The highest BCUT2D eigenvalue weighted by molar-refractivity contribution is 7.99. The summed E-state index contributed by atoms with van der Waals surface area (Å²) in [5.74, 6) is -0.231. The summed E-state index contributed by atoms with van der Waals surface area (Å²) in [6.45, 7) is 2.18. The third-order valence-electron chi connectivity index (χ3n) is 2.70. The minimum atomic E-state index is -0.349. The summed E-state index contributed by atoms with van der Waals surface area (Å²) in [4.78, 5) is 15.1. The number of halogens is 1. The van der Waals surface area contributed by atoms with Crippen molar-refractivity contribution >= 4 is 40.2 Å². The third-order valence-corrected chi connectivity index (χ3v) is 3.94. The lowest BCUT2D eigenvalue weighted by Gasteiger charge is -2.12. The maximum atomic E-state index is 11.9. The van der Waals surface area contributed by atoms with Crippen molar-refractivity contribution < 1.29 is 9.53 Å². The number of esters is 1. The Bertz CT molecular complexity index is 567. The molecule has 0 saturated carbocycles. The van der Waals surface area contributed by atoms with Crippen LogP contribution in [0.4, 0.5) is 0 Å². The molecule has 2 aromatic rings. The molecule has 1 N–H and O–H groups in total. The quantitative estimate of drug-likeness (QED) is 0.868. The Morgan fingerprint density at radius 2 is 2.33 bits per heavy atom. The van der Waals surface area contributed by atoms with Gasteiger partial charge in [-0.15, -0.1) is 11.8 Å². The molecular formula is C13H14ClNO2S. The lowest BCUT2D eigenvalue weighted by atomic mass is 10.1. The summed E-state index contributed by atoms with van der Waals surface area (Å²) in [6, 6.07) is 5.64. The van der Waals surface area contributed by atoms with Gasteiger partial charge in [0.2, 0.25) is 0 Å². The molecule has 0 aliphatic carbocycles. The van der Waals surface area contributed by atoms with E-state index in [0.717, 1.165) is 16.5 Å². The van der Waals surface area contributed by atoms with E-state index in [1.807, 2.05) is 30.7 Å². The lowest BCUT2D eigenvalue weighted by molar-refractivity contribution is -0.142. The number of carbonyl (C=O) groups is 1. The van der Waals surface area contributed by atoms with Gasteiger partial charge in [0.25, 0.3) is 0 Å². The number of thioether (sulfide) groups is 1. The fraction of sp³-hybridized carbons (Fsp3) is 0.308. The number of carbonyl (C=O) groups excluding carboxylic acids is 1. The first-order valence-electron chi connectivity index (χ1n) is 5.64. The van der Waals surface area contributed by atoms with Gasteiger partial charge in [0.1, 0.15) is 5.25 Å². The largest absolute Gasteiger partial charge is 0.465 e. The molecule has 3 nitrogen and oxygen atoms in total. The number of H-pyrrole nitrogens is 1. The van der Waals surface area contributed by atoms with Gasteiger partial charge in [0.05, 0.1) is 11.6 Å². The van der Waals surface area contributed by atoms with E-state index < -0.39 is 0 Å². The summed E-state index contributed by atoms with van der Waals surface area (Å²) < 4.78 is 5.09. The second-order valence-corrected chi connectivity index (χ2v) is 5.12. The molecule has 0 saturated heterocycles. The molecule has 1 unspecified atom stereocenters. The van der Waals surface area contributed by atoms with Crippen LogP contribution in [0.3, 0.4) is 0 Å². The van der Waals surface area contributed by atoms with Crippen LogP contribution in [0.15, 0.2) is 24.4 Å². The van der Waals surface area contributed by atoms with Crippen molar-refractivity contribution in [2.45, 2.75) is 12.2 Å².